The number of nitrogens with one attached hydrogen (secondary N) is 1. The molecule has 0 unspecified atom stereocenters. The molecule has 2 rings (SSSR count). The molecule has 0 saturated heterocycles. The van der Waals surface area contributed by atoms with Gasteiger partial charge >= 0.3 is 0 Å². The molecular formula is C13H20N4. The van der Waals surface area contributed by atoms with Crippen molar-refractivity contribution >= 4 is 5.82 Å². The highest BCUT2D eigenvalue weighted by molar-refractivity contribution is 5.42. The lowest BCUT2D eigenvalue weighted by molar-refractivity contribution is 0.533. The van der Waals surface area contributed by atoms with E-state index in [4.69, 9.17) is 0 Å². The van der Waals surface area contributed by atoms with Gasteiger partial charge in [-0.25, -0.2) is 0 Å². The summed E-state index contributed by atoms with van der Waals surface area (Å²) in [7, 11) is 2.05. The maximum atomic E-state index is 4.53. The average molecular weight is 232 g/mol. The van der Waals surface area contributed by atoms with Crippen LogP contribution in [0.1, 0.15) is 31.1 Å². The zero-order valence-corrected chi connectivity index (χ0v) is 10.9. The van der Waals surface area contributed by atoms with Gasteiger partial charge in [0.05, 0.1) is 6.54 Å². The second-order valence-corrected chi connectivity index (χ2v) is 4.70. The predicted octanol–water partition coefficient (Wildman–Crippen LogP) is 2.72. The summed E-state index contributed by atoms with van der Waals surface area (Å²) in [6.07, 6.45) is 4.13. The lowest BCUT2D eigenvalue weighted by atomic mass is 10.3. The van der Waals surface area contributed by atoms with Crippen LogP contribution in [-0.4, -0.2) is 14.3 Å². The van der Waals surface area contributed by atoms with Crippen molar-refractivity contribution in [1.29, 1.82) is 0 Å². The molecule has 1 N–H and O–H groups in total. The highest BCUT2D eigenvalue weighted by Gasteiger charge is 2.07. The molecular weight excluding hydrogens is 212 g/mol. The van der Waals surface area contributed by atoms with Crippen molar-refractivity contribution in [3.8, 4) is 0 Å². The van der Waals surface area contributed by atoms with Crippen molar-refractivity contribution in [2.75, 3.05) is 5.32 Å². The number of rotatable bonds is 4. The monoisotopic (exact) mass is 232 g/mol. The van der Waals surface area contributed by atoms with Crippen LogP contribution in [0.15, 0.2) is 24.5 Å². The Morgan fingerprint density at radius 2 is 2.18 bits per heavy atom. The normalized spacial score (nSPS) is 11.1. The molecule has 0 aromatic carbocycles. The van der Waals surface area contributed by atoms with Gasteiger partial charge in [0.25, 0.3) is 0 Å². The standard InChI is InChI=1S/C13H20N4/c1-10(2)17-9-11(3)13(15-17)14-8-12-6-5-7-16(12)4/h5-7,9-10H,8H2,1-4H3,(H,14,15). The second kappa shape index (κ2) is 4.65. The number of nitrogens with zero attached hydrogens (tertiary/aromatic N) is 3. The molecule has 0 aliphatic rings. The van der Waals surface area contributed by atoms with E-state index >= 15 is 0 Å². The number of hydrogen-bond donors (Lipinski definition) is 1. The molecule has 0 spiro atoms. The van der Waals surface area contributed by atoms with Gasteiger partial charge in [-0.1, -0.05) is 0 Å². The van der Waals surface area contributed by atoms with E-state index < -0.39 is 0 Å². The summed E-state index contributed by atoms with van der Waals surface area (Å²) in [6, 6.07) is 4.57. The SMILES string of the molecule is Cc1cn(C(C)C)nc1NCc1cccn1C. The molecule has 0 aliphatic heterocycles. The molecule has 4 heteroatoms. The van der Waals surface area contributed by atoms with E-state index in [1.807, 2.05) is 4.68 Å². The minimum atomic E-state index is 0.402. The molecule has 4 nitrogen and oxygen atoms in total. The van der Waals surface area contributed by atoms with E-state index in [0.29, 0.717) is 6.04 Å². The molecule has 0 atom stereocenters. The Kier molecular flexibility index (Phi) is 3.22. The number of hydrogen-bond acceptors (Lipinski definition) is 2. The molecule has 0 fully saturated rings. The highest BCUT2D eigenvalue weighted by atomic mass is 15.3. The predicted molar refractivity (Wildman–Crippen MR) is 70.1 cm³/mol. The number of anilines is 1. The maximum absolute atomic E-state index is 4.53. The molecule has 0 saturated carbocycles. The first-order chi connectivity index (χ1) is 8.08. The van der Waals surface area contributed by atoms with Crippen LogP contribution in [0.25, 0.3) is 0 Å². The summed E-state index contributed by atoms with van der Waals surface area (Å²) in [4.78, 5) is 0. The summed E-state index contributed by atoms with van der Waals surface area (Å²) in [5, 5.41) is 7.91. The van der Waals surface area contributed by atoms with Crippen LogP contribution >= 0.6 is 0 Å². The van der Waals surface area contributed by atoms with Crippen LogP contribution in [0, 0.1) is 6.92 Å². The molecule has 17 heavy (non-hydrogen) atoms. The lowest BCUT2D eigenvalue weighted by Gasteiger charge is -2.06. The quantitative estimate of drug-likeness (QED) is 0.879. The van der Waals surface area contributed by atoms with E-state index in [-0.39, 0.29) is 0 Å². The van der Waals surface area contributed by atoms with Crippen LogP contribution in [0.3, 0.4) is 0 Å². The van der Waals surface area contributed by atoms with Crippen LogP contribution in [0.5, 0.6) is 0 Å². The molecule has 2 aromatic heterocycles. The van der Waals surface area contributed by atoms with E-state index in [1.54, 1.807) is 0 Å². The number of aryl methyl sites for hydroxylation is 2. The Bertz CT molecular complexity index is 493. The summed E-state index contributed by atoms with van der Waals surface area (Å²) in [5.41, 5.74) is 2.44. The van der Waals surface area contributed by atoms with E-state index in [2.05, 4.69) is 67.3 Å². The van der Waals surface area contributed by atoms with Crippen molar-refractivity contribution in [2.45, 2.75) is 33.4 Å². The molecule has 92 valence electrons. The van der Waals surface area contributed by atoms with Gasteiger partial charge in [0.1, 0.15) is 0 Å². The van der Waals surface area contributed by atoms with Crippen molar-refractivity contribution in [3.63, 3.8) is 0 Å². The van der Waals surface area contributed by atoms with Crippen LogP contribution in [0.4, 0.5) is 5.82 Å². The third kappa shape index (κ3) is 2.52. The number of aromatic nitrogens is 3. The summed E-state index contributed by atoms with van der Waals surface area (Å²) >= 11 is 0. The zero-order valence-electron chi connectivity index (χ0n) is 10.9. The molecule has 0 radical (unpaired) electrons. The fraction of sp³-hybridized carbons (Fsp3) is 0.462. The van der Waals surface area contributed by atoms with Gasteiger partial charge in [-0.05, 0) is 32.9 Å². The smallest absolute Gasteiger partial charge is 0.151 e. The van der Waals surface area contributed by atoms with Crippen LogP contribution < -0.4 is 5.32 Å². The Hall–Kier alpha value is -1.71. The Morgan fingerprint density at radius 3 is 2.71 bits per heavy atom. The summed E-state index contributed by atoms with van der Waals surface area (Å²) < 4.78 is 4.10. The van der Waals surface area contributed by atoms with Gasteiger partial charge in [0.2, 0.25) is 0 Å². The Labute approximate surface area is 102 Å². The van der Waals surface area contributed by atoms with Gasteiger partial charge < -0.3 is 9.88 Å². The van der Waals surface area contributed by atoms with Gasteiger partial charge in [-0.2, -0.15) is 5.10 Å². The highest BCUT2D eigenvalue weighted by Crippen LogP contribution is 2.15. The fourth-order valence-electron chi connectivity index (χ4n) is 1.78. The third-order valence-corrected chi connectivity index (χ3v) is 2.93. The zero-order chi connectivity index (χ0) is 12.4. The molecule has 2 heterocycles. The first kappa shape index (κ1) is 11.8. The van der Waals surface area contributed by atoms with Crippen molar-refractivity contribution in [3.05, 3.63) is 35.8 Å². The van der Waals surface area contributed by atoms with Gasteiger partial charge in [-0.3, -0.25) is 4.68 Å². The van der Waals surface area contributed by atoms with Crippen molar-refractivity contribution in [2.24, 2.45) is 7.05 Å². The molecule has 2 aromatic rings. The largest absolute Gasteiger partial charge is 0.363 e. The van der Waals surface area contributed by atoms with Crippen molar-refractivity contribution in [1.82, 2.24) is 14.3 Å². The van der Waals surface area contributed by atoms with E-state index in [1.165, 1.54) is 11.3 Å². The van der Waals surface area contributed by atoms with E-state index in [0.717, 1.165) is 12.4 Å². The molecule has 0 aliphatic carbocycles. The van der Waals surface area contributed by atoms with Crippen LogP contribution in [0.2, 0.25) is 0 Å². The maximum Gasteiger partial charge on any atom is 0.151 e. The summed E-state index contributed by atoms with van der Waals surface area (Å²) in [5.74, 6) is 0.972. The average Bonchev–Trinajstić information content (AvgIpc) is 2.82. The third-order valence-electron chi connectivity index (χ3n) is 2.93. The fourth-order valence-corrected chi connectivity index (χ4v) is 1.78. The van der Waals surface area contributed by atoms with Gasteiger partial charge in [0, 0.05) is 36.7 Å². The Morgan fingerprint density at radius 1 is 1.41 bits per heavy atom. The summed E-state index contributed by atoms with van der Waals surface area (Å²) in [6.45, 7) is 7.15. The first-order valence-electron chi connectivity index (χ1n) is 5.97. The van der Waals surface area contributed by atoms with Gasteiger partial charge in [-0.15, -0.1) is 0 Å². The van der Waals surface area contributed by atoms with E-state index in [9.17, 15) is 0 Å². The minimum Gasteiger partial charge on any atom is -0.363 e. The second-order valence-electron chi connectivity index (χ2n) is 4.70. The minimum absolute atomic E-state index is 0.402. The molecule has 0 bridgehead atoms. The Balaban J connectivity index is 2.06. The molecule has 0 amide bonds. The first-order valence-corrected chi connectivity index (χ1v) is 5.97. The van der Waals surface area contributed by atoms with Crippen molar-refractivity contribution < 1.29 is 0 Å². The van der Waals surface area contributed by atoms with Crippen LogP contribution in [-0.2, 0) is 13.6 Å². The topological polar surface area (TPSA) is 34.8 Å². The van der Waals surface area contributed by atoms with Gasteiger partial charge in [0.15, 0.2) is 5.82 Å². The lowest BCUT2D eigenvalue weighted by Crippen LogP contribution is -2.06.